The molecule has 0 amide bonds. The molecular weight excluding hydrogens is 508 g/mol. The third-order valence-corrected chi connectivity index (χ3v) is 5.96. The predicted octanol–water partition coefficient (Wildman–Crippen LogP) is 2.60. The number of guanidine groups is 1. The van der Waals surface area contributed by atoms with Crippen molar-refractivity contribution >= 4 is 17.6 Å². The normalized spacial score (nSPS) is 10.7. The number of benzene rings is 3. The van der Waals surface area contributed by atoms with Gasteiger partial charge in [-0.2, -0.15) is 4.98 Å². The molecule has 0 aliphatic carbocycles. The summed E-state index contributed by atoms with van der Waals surface area (Å²) in [7, 11) is 1.54. The van der Waals surface area contributed by atoms with Crippen molar-refractivity contribution < 1.29 is 13.5 Å². The van der Waals surface area contributed by atoms with E-state index in [0.29, 0.717) is 11.3 Å². The molecule has 0 bridgehead atoms. The maximum Gasteiger partial charge on any atom is 0.355 e. The number of ether oxygens (including phenoxy) is 1. The molecule has 0 fully saturated rings. The van der Waals surface area contributed by atoms with Crippen LogP contribution in [0.2, 0.25) is 0 Å². The lowest BCUT2D eigenvalue weighted by molar-refractivity contribution is 0.414. The Balaban J connectivity index is 1.65. The van der Waals surface area contributed by atoms with Crippen LogP contribution in [0.15, 0.2) is 82.4 Å². The number of nitrogens with one attached hydrogen (secondary N) is 2. The Labute approximate surface area is 222 Å². The van der Waals surface area contributed by atoms with E-state index >= 15 is 0 Å². The summed E-state index contributed by atoms with van der Waals surface area (Å²) >= 11 is 0. The summed E-state index contributed by atoms with van der Waals surface area (Å²) in [5, 5.41) is 10.8. The zero-order valence-corrected chi connectivity index (χ0v) is 21.1. The van der Waals surface area contributed by atoms with Crippen LogP contribution in [-0.4, -0.2) is 40.3 Å². The van der Waals surface area contributed by atoms with Crippen LogP contribution in [0.3, 0.4) is 0 Å². The first kappa shape index (κ1) is 27.0. The number of anilines is 2. The Morgan fingerprint density at radius 2 is 1.59 bits per heavy atom. The number of nitrogens with zero attached hydrogens (tertiary/aromatic N) is 4. The van der Waals surface area contributed by atoms with Gasteiger partial charge in [-0.1, -0.05) is 36.4 Å². The van der Waals surface area contributed by atoms with Crippen LogP contribution in [0.5, 0.6) is 5.75 Å². The van der Waals surface area contributed by atoms with Crippen molar-refractivity contribution in [3.63, 3.8) is 0 Å². The van der Waals surface area contributed by atoms with Gasteiger partial charge < -0.3 is 20.7 Å². The smallest absolute Gasteiger partial charge is 0.355 e. The molecule has 3 aromatic carbocycles. The average Bonchev–Trinajstić information content (AvgIpc) is 2.93. The second kappa shape index (κ2) is 12.0. The highest BCUT2D eigenvalue weighted by Crippen LogP contribution is 2.18. The monoisotopic (exact) mass is 535 g/mol. The first-order valence-corrected chi connectivity index (χ1v) is 12.0. The zero-order valence-electron chi connectivity index (χ0n) is 21.1. The number of para-hydroxylation sites is 1. The van der Waals surface area contributed by atoms with Crippen molar-refractivity contribution in [2.45, 2.75) is 13.1 Å². The van der Waals surface area contributed by atoms with Gasteiger partial charge >= 0.3 is 11.4 Å². The number of aromatic nitrogens is 3. The van der Waals surface area contributed by atoms with E-state index < -0.39 is 23.0 Å². The highest BCUT2D eigenvalue weighted by Gasteiger charge is 2.17. The molecule has 0 spiro atoms. The second-order valence-electron chi connectivity index (χ2n) is 8.56. The molecule has 0 saturated carbocycles. The molecule has 1 heterocycles. The quantitative estimate of drug-likeness (QED) is 0.210. The van der Waals surface area contributed by atoms with Gasteiger partial charge in [-0.15, -0.1) is 0 Å². The van der Waals surface area contributed by atoms with Crippen molar-refractivity contribution in [3.8, 4) is 5.75 Å². The predicted molar refractivity (Wildman–Crippen MR) is 145 cm³/mol. The van der Waals surface area contributed by atoms with Gasteiger partial charge in [0.2, 0.25) is 5.95 Å². The van der Waals surface area contributed by atoms with Crippen molar-refractivity contribution in [2.24, 2.45) is 5.73 Å². The number of nitrogens with two attached hydrogens (primary N) is 1. The maximum absolute atomic E-state index is 14.3. The van der Waals surface area contributed by atoms with Crippen LogP contribution in [0.25, 0.3) is 0 Å². The largest absolute Gasteiger partial charge is 0.497 e. The zero-order chi connectivity index (χ0) is 27.9. The number of halogens is 2. The van der Waals surface area contributed by atoms with E-state index in [9.17, 15) is 18.4 Å². The van der Waals surface area contributed by atoms with E-state index in [4.69, 9.17) is 15.9 Å². The number of rotatable bonds is 10. The van der Waals surface area contributed by atoms with Gasteiger partial charge in [-0.3, -0.25) is 9.98 Å². The molecule has 39 heavy (non-hydrogen) atoms. The van der Waals surface area contributed by atoms with Crippen molar-refractivity contribution in [2.75, 3.05) is 30.4 Å². The Morgan fingerprint density at radius 3 is 2.21 bits per heavy atom. The van der Waals surface area contributed by atoms with Crippen LogP contribution in [0.1, 0.15) is 11.1 Å². The summed E-state index contributed by atoms with van der Waals surface area (Å²) in [4.78, 5) is 31.7. The third kappa shape index (κ3) is 6.47. The Hall–Kier alpha value is -5.00. The van der Waals surface area contributed by atoms with E-state index in [0.717, 1.165) is 10.1 Å². The lowest BCUT2D eigenvalue weighted by Crippen LogP contribution is -2.44. The molecule has 0 radical (unpaired) electrons. The fourth-order valence-electron chi connectivity index (χ4n) is 3.95. The van der Waals surface area contributed by atoms with Crippen molar-refractivity contribution in [1.82, 2.24) is 14.1 Å². The standard InChI is InChI=1S/C27H27F2N7O3/c1-39-21-12-8-19(9-13-21)16-35-25(32-14-15-34(24(30)31)23-5-3-2-4-22(23)29)33-26(37)36(27(35)38)17-18-6-10-20(28)11-7-18/h2-13H,14-17H2,1H3,(H3,30,31)(H,32,33,37). The average molecular weight is 536 g/mol. The minimum atomic E-state index is -0.796. The van der Waals surface area contributed by atoms with E-state index in [1.54, 1.807) is 37.4 Å². The Morgan fingerprint density at radius 1 is 0.974 bits per heavy atom. The van der Waals surface area contributed by atoms with Crippen molar-refractivity contribution in [1.29, 1.82) is 5.41 Å². The highest BCUT2D eigenvalue weighted by molar-refractivity contribution is 5.92. The molecule has 4 rings (SSSR count). The molecule has 0 unspecified atom stereocenters. The van der Waals surface area contributed by atoms with Gasteiger partial charge in [0.15, 0.2) is 5.96 Å². The molecule has 0 saturated heterocycles. The SMILES string of the molecule is COc1ccc(Cn2c(NCCN(C(=N)N)c3ccccc3F)nc(=O)n(Cc3ccc(F)cc3)c2=O)cc1. The fourth-order valence-corrected chi connectivity index (χ4v) is 3.95. The molecule has 1 aromatic heterocycles. The lowest BCUT2D eigenvalue weighted by Gasteiger charge is -2.24. The second-order valence-corrected chi connectivity index (χ2v) is 8.56. The molecule has 12 heteroatoms. The van der Waals surface area contributed by atoms with Gasteiger partial charge in [0.05, 0.1) is 25.9 Å². The van der Waals surface area contributed by atoms with E-state index in [2.05, 4.69) is 10.3 Å². The molecule has 0 aliphatic rings. The molecule has 202 valence electrons. The summed E-state index contributed by atoms with van der Waals surface area (Å²) in [5.74, 6) is -0.726. The minimum Gasteiger partial charge on any atom is -0.497 e. The van der Waals surface area contributed by atoms with Gasteiger partial charge in [-0.25, -0.2) is 22.9 Å². The van der Waals surface area contributed by atoms with Crippen LogP contribution in [-0.2, 0) is 13.1 Å². The van der Waals surface area contributed by atoms with E-state index in [1.165, 1.54) is 51.9 Å². The van der Waals surface area contributed by atoms with E-state index in [-0.39, 0.29) is 43.8 Å². The number of hydrogen-bond donors (Lipinski definition) is 3. The topological polar surface area (TPSA) is 131 Å². The summed E-state index contributed by atoms with van der Waals surface area (Å²) in [6, 6.07) is 18.4. The highest BCUT2D eigenvalue weighted by atomic mass is 19.1. The Kier molecular flexibility index (Phi) is 8.34. The van der Waals surface area contributed by atoms with Crippen LogP contribution in [0, 0.1) is 17.0 Å². The molecule has 4 aromatic rings. The number of hydrogen-bond acceptors (Lipinski definition) is 6. The van der Waals surface area contributed by atoms with Gasteiger partial charge in [0, 0.05) is 13.1 Å². The first-order chi connectivity index (χ1) is 18.8. The molecule has 0 aliphatic heterocycles. The van der Waals surface area contributed by atoms with Gasteiger partial charge in [0.25, 0.3) is 0 Å². The van der Waals surface area contributed by atoms with Gasteiger partial charge in [-0.05, 0) is 47.5 Å². The van der Waals surface area contributed by atoms with Crippen LogP contribution >= 0.6 is 0 Å². The molecule has 10 nitrogen and oxygen atoms in total. The van der Waals surface area contributed by atoms with Crippen LogP contribution < -0.4 is 32.1 Å². The molecule has 4 N–H and O–H groups in total. The molecule has 0 atom stereocenters. The lowest BCUT2D eigenvalue weighted by atomic mass is 10.2. The maximum atomic E-state index is 14.3. The van der Waals surface area contributed by atoms with Crippen LogP contribution in [0.4, 0.5) is 20.4 Å². The summed E-state index contributed by atoms with van der Waals surface area (Å²) in [6.45, 7) is 0.0998. The minimum absolute atomic E-state index is 0.00629. The van der Waals surface area contributed by atoms with Gasteiger partial charge in [0.1, 0.15) is 17.4 Å². The first-order valence-electron chi connectivity index (χ1n) is 12.0. The Bertz CT molecular complexity index is 1570. The summed E-state index contributed by atoms with van der Waals surface area (Å²) < 4.78 is 35.1. The third-order valence-electron chi connectivity index (χ3n) is 5.96. The van der Waals surface area contributed by atoms with Crippen molar-refractivity contribution in [3.05, 3.63) is 117 Å². The number of methoxy groups -OCH3 is 1. The summed E-state index contributed by atoms with van der Waals surface area (Å²) in [5.41, 5.74) is 5.66. The fraction of sp³-hybridized carbons (Fsp3) is 0.185. The summed E-state index contributed by atoms with van der Waals surface area (Å²) in [6.07, 6.45) is 0. The molecular formula is C27H27F2N7O3. The van der Waals surface area contributed by atoms with E-state index in [1.807, 2.05) is 0 Å².